The van der Waals surface area contributed by atoms with Gasteiger partial charge in [-0.05, 0) is 33.7 Å². The summed E-state index contributed by atoms with van der Waals surface area (Å²) in [6, 6.07) is 0.764. The highest BCUT2D eigenvalue weighted by Gasteiger charge is 2.34. The van der Waals surface area contributed by atoms with Crippen molar-refractivity contribution in [1.82, 2.24) is 9.80 Å². The van der Waals surface area contributed by atoms with Gasteiger partial charge in [-0.1, -0.05) is 13.8 Å². The smallest absolute Gasteiger partial charge is 0.0514 e. The van der Waals surface area contributed by atoms with E-state index in [9.17, 15) is 0 Å². The van der Waals surface area contributed by atoms with E-state index < -0.39 is 0 Å². The molecule has 1 rings (SSSR count). The molecule has 0 saturated carbocycles. The van der Waals surface area contributed by atoms with E-state index >= 15 is 0 Å². The summed E-state index contributed by atoms with van der Waals surface area (Å²) in [5.74, 6) is 0. The maximum Gasteiger partial charge on any atom is 0.0514 e. The van der Waals surface area contributed by atoms with Crippen LogP contribution >= 0.6 is 0 Å². The van der Waals surface area contributed by atoms with Crippen molar-refractivity contribution in [2.24, 2.45) is 0 Å². The number of likely N-dealkylation sites (N-methyl/N-ethyl adjacent to an activating group) is 1. The van der Waals surface area contributed by atoms with Gasteiger partial charge in [0, 0.05) is 18.1 Å². The summed E-state index contributed by atoms with van der Waals surface area (Å²) in [7, 11) is 0. The van der Waals surface area contributed by atoms with E-state index in [4.69, 9.17) is 0 Å². The molecule has 1 aliphatic heterocycles. The zero-order chi connectivity index (χ0) is 10.1. The summed E-state index contributed by atoms with van der Waals surface area (Å²) in [5, 5.41) is 0. The van der Waals surface area contributed by atoms with Crippen molar-refractivity contribution in [3.05, 3.63) is 0 Å². The minimum Gasteiger partial charge on any atom is -0.289 e. The minimum atomic E-state index is 0.324. The second-order valence-electron chi connectivity index (χ2n) is 5.01. The molecule has 78 valence electrons. The van der Waals surface area contributed by atoms with Gasteiger partial charge in [-0.25, -0.2) is 0 Å². The summed E-state index contributed by atoms with van der Waals surface area (Å²) < 4.78 is 0. The molecule has 1 saturated heterocycles. The van der Waals surface area contributed by atoms with E-state index in [1.807, 2.05) is 0 Å². The average molecular weight is 184 g/mol. The highest BCUT2D eigenvalue weighted by molar-refractivity contribution is 4.89. The Bertz CT molecular complexity index is 160. The molecule has 0 spiro atoms. The van der Waals surface area contributed by atoms with E-state index in [-0.39, 0.29) is 0 Å². The van der Waals surface area contributed by atoms with Crippen LogP contribution < -0.4 is 0 Å². The van der Waals surface area contributed by atoms with Crippen LogP contribution in [0.4, 0.5) is 0 Å². The minimum absolute atomic E-state index is 0.324. The molecular formula is C11H24N2. The van der Waals surface area contributed by atoms with Crippen LogP contribution in [0.5, 0.6) is 0 Å². The lowest BCUT2D eigenvalue weighted by Gasteiger charge is -2.35. The quantitative estimate of drug-likeness (QED) is 0.649. The van der Waals surface area contributed by atoms with Gasteiger partial charge in [0.05, 0.1) is 6.67 Å². The van der Waals surface area contributed by atoms with Crippen LogP contribution in [0.2, 0.25) is 0 Å². The monoisotopic (exact) mass is 184 g/mol. The number of hydrogen-bond donors (Lipinski definition) is 0. The van der Waals surface area contributed by atoms with Crippen LogP contribution in [0.1, 0.15) is 41.0 Å². The van der Waals surface area contributed by atoms with Crippen molar-refractivity contribution in [3.63, 3.8) is 0 Å². The first-order valence-corrected chi connectivity index (χ1v) is 5.48. The Kier molecular flexibility index (Phi) is 3.36. The van der Waals surface area contributed by atoms with Gasteiger partial charge in [-0.2, -0.15) is 0 Å². The number of nitrogens with zero attached hydrogens (tertiary/aromatic N) is 2. The van der Waals surface area contributed by atoms with Crippen molar-refractivity contribution < 1.29 is 0 Å². The Balaban J connectivity index is 2.63. The molecule has 0 radical (unpaired) electrons. The van der Waals surface area contributed by atoms with E-state index in [1.165, 1.54) is 19.5 Å². The van der Waals surface area contributed by atoms with Gasteiger partial charge in [-0.3, -0.25) is 9.80 Å². The topological polar surface area (TPSA) is 6.48 Å². The summed E-state index contributed by atoms with van der Waals surface area (Å²) in [4.78, 5) is 5.15. The second kappa shape index (κ2) is 3.97. The lowest BCUT2D eigenvalue weighted by Crippen LogP contribution is -2.45. The van der Waals surface area contributed by atoms with E-state index in [2.05, 4.69) is 44.4 Å². The van der Waals surface area contributed by atoms with Crippen molar-refractivity contribution in [2.45, 2.75) is 52.6 Å². The van der Waals surface area contributed by atoms with Crippen molar-refractivity contribution >= 4 is 0 Å². The van der Waals surface area contributed by atoms with Gasteiger partial charge in [-0.15, -0.1) is 0 Å². The van der Waals surface area contributed by atoms with Crippen LogP contribution in [0.15, 0.2) is 0 Å². The molecule has 1 heterocycles. The molecule has 2 heteroatoms. The molecule has 0 bridgehead atoms. The van der Waals surface area contributed by atoms with E-state index in [0.29, 0.717) is 5.54 Å². The maximum absolute atomic E-state index is 2.62. The largest absolute Gasteiger partial charge is 0.289 e. The molecule has 1 atom stereocenters. The lowest BCUT2D eigenvalue weighted by atomic mass is 10.0. The first kappa shape index (κ1) is 11.0. The van der Waals surface area contributed by atoms with E-state index in [1.54, 1.807) is 0 Å². The first-order chi connectivity index (χ1) is 5.99. The van der Waals surface area contributed by atoms with Gasteiger partial charge in [0.1, 0.15) is 0 Å². The van der Waals surface area contributed by atoms with Crippen LogP contribution in [0.3, 0.4) is 0 Å². The molecule has 0 aromatic rings. The van der Waals surface area contributed by atoms with Gasteiger partial charge in [0.15, 0.2) is 0 Å². The predicted octanol–water partition coefficient (Wildman–Crippen LogP) is 2.16. The fraction of sp³-hybridized carbons (Fsp3) is 1.00. The zero-order valence-corrected chi connectivity index (χ0v) is 9.80. The maximum atomic E-state index is 2.62. The summed E-state index contributed by atoms with van der Waals surface area (Å²) in [5.41, 5.74) is 0.324. The molecule has 1 unspecified atom stereocenters. The molecule has 0 amide bonds. The summed E-state index contributed by atoms with van der Waals surface area (Å²) in [6.45, 7) is 15.1. The standard InChI is InChI=1S/C11H24N2/c1-6-10-8-12(7-2)9-13(10)11(3,4)5/h10H,6-9H2,1-5H3. The van der Waals surface area contributed by atoms with Crippen molar-refractivity contribution in [1.29, 1.82) is 0 Å². The number of rotatable bonds is 2. The molecule has 1 fully saturated rings. The molecule has 0 aromatic carbocycles. The summed E-state index contributed by atoms with van der Waals surface area (Å²) >= 11 is 0. The molecule has 1 aliphatic rings. The van der Waals surface area contributed by atoms with Gasteiger partial charge in [0.25, 0.3) is 0 Å². The van der Waals surface area contributed by atoms with Crippen LogP contribution in [-0.2, 0) is 0 Å². The third kappa shape index (κ3) is 2.44. The molecule has 0 aliphatic carbocycles. The Morgan fingerprint density at radius 1 is 1.23 bits per heavy atom. The lowest BCUT2D eigenvalue weighted by molar-refractivity contribution is 0.105. The first-order valence-electron chi connectivity index (χ1n) is 5.48. The fourth-order valence-electron chi connectivity index (χ4n) is 2.12. The third-order valence-electron chi connectivity index (χ3n) is 3.04. The highest BCUT2D eigenvalue weighted by atomic mass is 15.4. The third-order valence-corrected chi connectivity index (χ3v) is 3.04. The Labute approximate surface area is 82.9 Å². The molecular weight excluding hydrogens is 160 g/mol. The van der Waals surface area contributed by atoms with Crippen molar-refractivity contribution in [2.75, 3.05) is 19.8 Å². The number of hydrogen-bond acceptors (Lipinski definition) is 2. The Hall–Kier alpha value is -0.0800. The molecule has 13 heavy (non-hydrogen) atoms. The Morgan fingerprint density at radius 2 is 1.85 bits per heavy atom. The Morgan fingerprint density at radius 3 is 2.15 bits per heavy atom. The second-order valence-corrected chi connectivity index (χ2v) is 5.01. The van der Waals surface area contributed by atoms with Gasteiger partial charge >= 0.3 is 0 Å². The zero-order valence-electron chi connectivity index (χ0n) is 9.80. The van der Waals surface area contributed by atoms with Crippen LogP contribution in [-0.4, -0.2) is 41.1 Å². The van der Waals surface area contributed by atoms with E-state index in [0.717, 1.165) is 12.7 Å². The molecule has 0 aromatic heterocycles. The normalized spacial score (nSPS) is 27.0. The molecule has 0 N–H and O–H groups in total. The SMILES string of the molecule is CCC1CN(CC)CN1C(C)(C)C. The summed E-state index contributed by atoms with van der Waals surface area (Å²) in [6.07, 6.45) is 1.27. The van der Waals surface area contributed by atoms with Crippen LogP contribution in [0, 0.1) is 0 Å². The van der Waals surface area contributed by atoms with Crippen LogP contribution in [0.25, 0.3) is 0 Å². The van der Waals surface area contributed by atoms with Crippen molar-refractivity contribution in [3.8, 4) is 0 Å². The van der Waals surface area contributed by atoms with Gasteiger partial charge in [0.2, 0.25) is 0 Å². The van der Waals surface area contributed by atoms with Gasteiger partial charge < -0.3 is 0 Å². The predicted molar refractivity (Wildman–Crippen MR) is 57.8 cm³/mol. The average Bonchev–Trinajstić information content (AvgIpc) is 2.46. The fourth-order valence-corrected chi connectivity index (χ4v) is 2.12. The molecule has 2 nitrogen and oxygen atoms in total. The highest BCUT2D eigenvalue weighted by Crippen LogP contribution is 2.24.